The molecule has 1 N–H and O–H groups in total. The highest BCUT2D eigenvalue weighted by Gasteiger charge is 2.14. The molecule has 0 bridgehead atoms. The molecule has 23 heavy (non-hydrogen) atoms. The number of fused-ring (bicyclic) bond motifs is 1. The van der Waals surface area contributed by atoms with Gasteiger partial charge in [0.05, 0.1) is 5.69 Å². The lowest BCUT2D eigenvalue weighted by atomic mass is 10.1. The smallest absolute Gasteiger partial charge is 0.123 e. The molecule has 0 fully saturated rings. The van der Waals surface area contributed by atoms with E-state index in [9.17, 15) is 4.39 Å². The third-order valence-electron chi connectivity index (χ3n) is 3.75. The summed E-state index contributed by atoms with van der Waals surface area (Å²) in [6, 6.07) is 25.2. The van der Waals surface area contributed by atoms with Crippen LogP contribution in [0.2, 0.25) is 0 Å². The van der Waals surface area contributed by atoms with E-state index in [1.165, 1.54) is 22.4 Å². The maximum Gasteiger partial charge on any atom is 0.123 e. The van der Waals surface area contributed by atoms with Gasteiger partial charge >= 0.3 is 0 Å². The Labute approximate surface area is 138 Å². The van der Waals surface area contributed by atoms with Crippen molar-refractivity contribution in [1.29, 1.82) is 0 Å². The topological polar surface area (TPSA) is 15.8 Å². The minimum absolute atomic E-state index is 0.212. The number of hydrogen-bond donors (Lipinski definition) is 1. The third kappa shape index (κ3) is 2.76. The molecular weight excluding hydrogens is 305 g/mol. The quantitative estimate of drug-likeness (QED) is 0.480. The Balaban J connectivity index is 1.87. The number of H-pyrrole nitrogens is 1. The first-order chi connectivity index (χ1) is 11.3. The number of nitrogens with one attached hydrogen (secondary N) is 1. The first kappa shape index (κ1) is 14.1. The average molecular weight is 319 g/mol. The van der Waals surface area contributed by atoms with Crippen molar-refractivity contribution in [3.05, 3.63) is 84.7 Å². The van der Waals surface area contributed by atoms with Crippen LogP contribution in [0.5, 0.6) is 0 Å². The molecule has 0 saturated carbocycles. The van der Waals surface area contributed by atoms with Gasteiger partial charge in [0.2, 0.25) is 0 Å². The molecule has 0 spiro atoms. The standard InChI is InChI=1S/C20H14FNS/c21-15-10-12-16(13-11-15)23-20-17-8-4-5-9-18(17)22-19(20)14-6-2-1-3-7-14/h1-13,22H. The van der Waals surface area contributed by atoms with Gasteiger partial charge < -0.3 is 4.98 Å². The van der Waals surface area contributed by atoms with Crippen LogP contribution in [-0.4, -0.2) is 4.98 Å². The second-order valence-electron chi connectivity index (χ2n) is 5.30. The molecule has 3 heteroatoms. The fraction of sp³-hybridized carbons (Fsp3) is 0. The minimum Gasteiger partial charge on any atom is -0.354 e. The zero-order chi connectivity index (χ0) is 15.6. The zero-order valence-corrected chi connectivity index (χ0v) is 13.1. The van der Waals surface area contributed by atoms with E-state index in [1.54, 1.807) is 11.8 Å². The van der Waals surface area contributed by atoms with Crippen molar-refractivity contribution in [1.82, 2.24) is 4.98 Å². The van der Waals surface area contributed by atoms with Gasteiger partial charge in [-0.1, -0.05) is 60.3 Å². The molecular formula is C20H14FNS. The largest absolute Gasteiger partial charge is 0.354 e. The van der Waals surface area contributed by atoms with Gasteiger partial charge in [0, 0.05) is 20.7 Å². The first-order valence-corrected chi connectivity index (χ1v) is 8.22. The van der Waals surface area contributed by atoms with Crippen LogP contribution in [0.25, 0.3) is 22.2 Å². The maximum absolute atomic E-state index is 13.1. The normalized spacial score (nSPS) is 11.0. The van der Waals surface area contributed by atoms with Gasteiger partial charge in [-0.15, -0.1) is 0 Å². The van der Waals surface area contributed by atoms with Crippen LogP contribution in [0, 0.1) is 5.82 Å². The predicted molar refractivity (Wildman–Crippen MR) is 94.3 cm³/mol. The van der Waals surface area contributed by atoms with Gasteiger partial charge in [-0.2, -0.15) is 0 Å². The lowest BCUT2D eigenvalue weighted by Crippen LogP contribution is -1.80. The van der Waals surface area contributed by atoms with Gasteiger partial charge in [-0.05, 0) is 35.9 Å². The van der Waals surface area contributed by atoms with Crippen molar-refractivity contribution >= 4 is 22.7 Å². The molecule has 1 aromatic heterocycles. The van der Waals surface area contributed by atoms with Gasteiger partial charge in [0.25, 0.3) is 0 Å². The molecule has 4 rings (SSSR count). The Morgan fingerprint density at radius 3 is 2.22 bits per heavy atom. The number of benzene rings is 3. The maximum atomic E-state index is 13.1. The van der Waals surface area contributed by atoms with Gasteiger partial charge in [0.1, 0.15) is 5.82 Å². The molecule has 112 valence electrons. The molecule has 0 radical (unpaired) electrons. The summed E-state index contributed by atoms with van der Waals surface area (Å²) in [5, 5.41) is 1.18. The minimum atomic E-state index is -0.212. The van der Waals surface area contributed by atoms with Crippen LogP contribution in [-0.2, 0) is 0 Å². The molecule has 0 aliphatic heterocycles. The predicted octanol–water partition coefficient (Wildman–Crippen LogP) is 6.13. The van der Waals surface area contributed by atoms with Crippen molar-refractivity contribution < 1.29 is 4.39 Å². The number of rotatable bonds is 3. The Morgan fingerprint density at radius 1 is 0.739 bits per heavy atom. The summed E-state index contributed by atoms with van der Waals surface area (Å²) in [5.41, 5.74) is 3.35. The summed E-state index contributed by atoms with van der Waals surface area (Å²) in [7, 11) is 0. The number of hydrogen-bond acceptors (Lipinski definition) is 1. The van der Waals surface area contributed by atoms with Crippen LogP contribution >= 0.6 is 11.8 Å². The van der Waals surface area contributed by atoms with Crippen LogP contribution in [0.1, 0.15) is 0 Å². The molecule has 0 atom stereocenters. The van der Waals surface area contributed by atoms with E-state index in [0.717, 1.165) is 21.7 Å². The molecule has 0 aliphatic carbocycles. The first-order valence-electron chi connectivity index (χ1n) is 7.41. The summed E-state index contributed by atoms with van der Waals surface area (Å²) < 4.78 is 13.1. The highest BCUT2D eigenvalue weighted by atomic mass is 32.2. The lowest BCUT2D eigenvalue weighted by Gasteiger charge is -2.05. The Hall–Kier alpha value is -2.52. The second kappa shape index (κ2) is 5.94. The van der Waals surface area contributed by atoms with E-state index in [0.29, 0.717) is 0 Å². The monoisotopic (exact) mass is 319 g/mol. The van der Waals surface area contributed by atoms with E-state index in [1.807, 2.05) is 42.5 Å². The molecule has 1 heterocycles. The van der Waals surface area contributed by atoms with Crippen LogP contribution in [0.3, 0.4) is 0 Å². The third-order valence-corrected chi connectivity index (χ3v) is 4.89. The number of aromatic amines is 1. The molecule has 3 aromatic carbocycles. The fourth-order valence-corrected chi connectivity index (χ4v) is 3.72. The highest BCUT2D eigenvalue weighted by molar-refractivity contribution is 7.99. The SMILES string of the molecule is Fc1ccc(Sc2c(-c3ccccc3)[nH]c3ccccc23)cc1. The van der Waals surface area contributed by atoms with Crippen molar-refractivity contribution in [2.24, 2.45) is 0 Å². The van der Waals surface area contributed by atoms with Gasteiger partial charge in [0.15, 0.2) is 0 Å². The summed E-state index contributed by atoms with van der Waals surface area (Å²) in [6.45, 7) is 0. The van der Waals surface area contributed by atoms with Crippen molar-refractivity contribution in [3.8, 4) is 11.3 Å². The number of aromatic nitrogens is 1. The van der Waals surface area contributed by atoms with E-state index in [-0.39, 0.29) is 5.82 Å². The Kier molecular flexibility index (Phi) is 3.64. The molecule has 0 unspecified atom stereocenters. The Morgan fingerprint density at radius 2 is 1.43 bits per heavy atom. The van der Waals surface area contributed by atoms with Gasteiger partial charge in [-0.25, -0.2) is 4.39 Å². The van der Waals surface area contributed by atoms with Crippen LogP contribution in [0.15, 0.2) is 88.7 Å². The van der Waals surface area contributed by atoms with E-state index in [4.69, 9.17) is 0 Å². The summed E-state index contributed by atoms with van der Waals surface area (Å²) in [5.74, 6) is -0.212. The summed E-state index contributed by atoms with van der Waals surface area (Å²) in [4.78, 5) is 5.70. The lowest BCUT2D eigenvalue weighted by molar-refractivity contribution is 0.626. The van der Waals surface area contributed by atoms with E-state index >= 15 is 0 Å². The molecule has 0 amide bonds. The van der Waals surface area contributed by atoms with Crippen LogP contribution < -0.4 is 0 Å². The molecule has 1 nitrogen and oxygen atoms in total. The summed E-state index contributed by atoms with van der Waals surface area (Å²) in [6.07, 6.45) is 0. The van der Waals surface area contributed by atoms with E-state index < -0.39 is 0 Å². The highest BCUT2D eigenvalue weighted by Crippen LogP contribution is 2.41. The number of para-hydroxylation sites is 1. The van der Waals surface area contributed by atoms with E-state index in [2.05, 4.69) is 29.2 Å². The average Bonchev–Trinajstić information content (AvgIpc) is 2.96. The van der Waals surface area contributed by atoms with Gasteiger partial charge in [-0.3, -0.25) is 0 Å². The molecule has 0 aliphatic rings. The van der Waals surface area contributed by atoms with Crippen LogP contribution in [0.4, 0.5) is 4.39 Å². The second-order valence-corrected chi connectivity index (χ2v) is 6.38. The summed E-state index contributed by atoms with van der Waals surface area (Å²) >= 11 is 1.66. The zero-order valence-electron chi connectivity index (χ0n) is 12.3. The van der Waals surface area contributed by atoms with Crippen molar-refractivity contribution in [3.63, 3.8) is 0 Å². The Bertz CT molecular complexity index is 942. The molecule has 0 saturated heterocycles. The van der Waals surface area contributed by atoms with Crippen molar-refractivity contribution in [2.75, 3.05) is 0 Å². The number of halogens is 1. The fourth-order valence-electron chi connectivity index (χ4n) is 2.65. The van der Waals surface area contributed by atoms with Crippen molar-refractivity contribution in [2.45, 2.75) is 9.79 Å². The molecule has 4 aromatic rings.